The second-order valence-electron chi connectivity index (χ2n) is 1.57. The quantitative estimate of drug-likeness (QED) is 0.302. The molecule has 0 aromatic heterocycles. The largest absolute Gasteiger partial charge is 0.464 e. The molecule has 0 saturated carbocycles. The van der Waals surface area contributed by atoms with E-state index in [2.05, 4.69) is 9.57 Å². The first-order valence-corrected chi connectivity index (χ1v) is 3.38. The predicted octanol–water partition coefficient (Wildman–Crippen LogP) is -0.657. The summed E-state index contributed by atoms with van der Waals surface area (Å²) in [5, 5.41) is 2.68. The number of nitrogens with zero attached hydrogens (tertiary/aromatic N) is 1. The van der Waals surface area contributed by atoms with Gasteiger partial charge in [0.05, 0.1) is 7.11 Å². The molecule has 6 heteroatoms. The van der Waals surface area contributed by atoms with E-state index in [0.717, 1.165) is 5.12 Å². The Morgan fingerprint density at radius 2 is 2.70 bits per heavy atom. The van der Waals surface area contributed by atoms with Crippen LogP contribution in [0.15, 0.2) is 11.1 Å². The molecule has 0 fully saturated rings. The highest BCUT2D eigenvalue weighted by molar-refractivity contribution is 8.00. The van der Waals surface area contributed by atoms with Crippen molar-refractivity contribution in [2.45, 2.75) is 0 Å². The predicted molar refractivity (Wildman–Crippen MR) is 36.9 cm³/mol. The Balaban J connectivity index is 2.63. The van der Waals surface area contributed by atoms with Gasteiger partial charge in [0.1, 0.15) is 0 Å². The minimum absolute atomic E-state index is 0.313. The molecule has 0 unspecified atom stereocenters. The molecule has 0 bridgehead atoms. The number of carbonyl (C=O) groups excluding carboxylic acids is 1. The third kappa shape index (κ3) is 1.23. The van der Waals surface area contributed by atoms with Crippen molar-refractivity contribution in [2.24, 2.45) is 5.84 Å². The molecule has 0 radical (unpaired) electrons. The molecule has 0 saturated heterocycles. The zero-order valence-corrected chi connectivity index (χ0v) is 6.14. The second-order valence-corrected chi connectivity index (χ2v) is 2.23. The van der Waals surface area contributed by atoms with Gasteiger partial charge in [-0.25, -0.2) is 15.8 Å². The van der Waals surface area contributed by atoms with Gasteiger partial charge >= 0.3 is 5.97 Å². The monoisotopic (exact) mass is 161 g/mol. The van der Waals surface area contributed by atoms with Crippen molar-refractivity contribution >= 4 is 17.9 Å². The van der Waals surface area contributed by atoms with Gasteiger partial charge < -0.3 is 4.74 Å². The highest BCUT2D eigenvalue weighted by atomic mass is 32.2. The summed E-state index contributed by atoms with van der Waals surface area (Å²) in [7, 11) is 1.31. The Morgan fingerprint density at radius 1 is 2.00 bits per heavy atom. The number of methoxy groups -OCH3 is 1. The minimum atomic E-state index is -0.444. The summed E-state index contributed by atoms with van der Waals surface area (Å²) in [6, 6.07) is 0. The summed E-state index contributed by atoms with van der Waals surface area (Å²) in [5.41, 5.74) is 0.313. The maximum Gasteiger partial charge on any atom is 0.358 e. The van der Waals surface area contributed by atoms with Crippen LogP contribution in [0, 0.1) is 0 Å². The topological polar surface area (TPSA) is 67.6 Å². The molecule has 0 aromatic carbocycles. The Hall–Kier alpha value is -0.720. The van der Waals surface area contributed by atoms with Crippen LogP contribution in [0.5, 0.6) is 0 Å². The highest BCUT2D eigenvalue weighted by Gasteiger charge is 2.19. The first-order valence-electron chi connectivity index (χ1n) is 2.50. The molecule has 5 nitrogen and oxygen atoms in total. The fourth-order valence-corrected chi connectivity index (χ4v) is 1.08. The summed E-state index contributed by atoms with van der Waals surface area (Å²) in [4.78, 5) is 13.4. The Bertz CT molecular complexity index is 181. The van der Waals surface area contributed by atoms with E-state index in [1.807, 2.05) is 0 Å². The number of esters is 1. The average Bonchev–Trinajstić information content (AvgIpc) is 2.34. The molecule has 0 aromatic rings. The van der Waals surface area contributed by atoms with Crippen molar-refractivity contribution in [1.82, 2.24) is 9.95 Å². The molecule has 56 valence electrons. The van der Waals surface area contributed by atoms with Gasteiger partial charge in [0.2, 0.25) is 0 Å². The van der Waals surface area contributed by atoms with E-state index in [1.54, 1.807) is 5.41 Å². The van der Waals surface area contributed by atoms with Gasteiger partial charge in [0.15, 0.2) is 5.70 Å². The Morgan fingerprint density at radius 3 is 3.10 bits per heavy atom. The van der Waals surface area contributed by atoms with Crippen molar-refractivity contribution in [1.29, 1.82) is 0 Å². The van der Waals surface area contributed by atoms with Gasteiger partial charge in [0, 0.05) is 5.41 Å². The number of ether oxygens (including phenoxy) is 1. The fourth-order valence-electron chi connectivity index (χ4n) is 0.496. The van der Waals surface area contributed by atoms with E-state index >= 15 is 0 Å². The third-order valence-electron chi connectivity index (χ3n) is 0.976. The van der Waals surface area contributed by atoms with Gasteiger partial charge in [-0.3, -0.25) is 0 Å². The van der Waals surface area contributed by atoms with Crippen molar-refractivity contribution in [3.63, 3.8) is 0 Å². The molecule has 0 amide bonds. The first kappa shape index (κ1) is 7.39. The van der Waals surface area contributed by atoms with E-state index in [4.69, 9.17) is 5.84 Å². The molecule has 0 aliphatic carbocycles. The van der Waals surface area contributed by atoms with Crippen LogP contribution in [0.25, 0.3) is 0 Å². The van der Waals surface area contributed by atoms with Crippen LogP contribution in [0.3, 0.4) is 0 Å². The summed E-state index contributed by atoms with van der Waals surface area (Å²) < 4.78 is 4.42. The number of nitrogens with one attached hydrogen (secondary N) is 1. The molecule has 1 aliphatic rings. The van der Waals surface area contributed by atoms with Gasteiger partial charge in [-0.1, -0.05) is 0 Å². The fraction of sp³-hybridized carbons (Fsp3) is 0.250. The van der Waals surface area contributed by atoms with Crippen molar-refractivity contribution in [2.75, 3.05) is 7.11 Å². The number of hydrazine groups is 2. The number of hydrogen-bond donors (Lipinski definition) is 2. The summed E-state index contributed by atoms with van der Waals surface area (Å²) in [6.07, 6.45) is 0. The van der Waals surface area contributed by atoms with E-state index < -0.39 is 5.97 Å². The maximum absolute atomic E-state index is 10.8. The minimum Gasteiger partial charge on any atom is -0.464 e. The second kappa shape index (κ2) is 2.91. The van der Waals surface area contributed by atoms with Crippen molar-refractivity contribution < 1.29 is 9.53 Å². The number of rotatable bonds is 1. The average molecular weight is 161 g/mol. The van der Waals surface area contributed by atoms with E-state index in [0.29, 0.717) is 5.70 Å². The van der Waals surface area contributed by atoms with Crippen molar-refractivity contribution in [3.8, 4) is 0 Å². The standard InChI is InChI=1S/C4H7N3O2S/c1-9-4(8)3-2-10-6-7(3)5/h2,6H,5H2,1H3. The van der Waals surface area contributed by atoms with Crippen LogP contribution >= 0.6 is 11.9 Å². The molecular weight excluding hydrogens is 154 g/mol. The molecule has 1 heterocycles. The van der Waals surface area contributed by atoms with Crippen LogP contribution in [-0.2, 0) is 9.53 Å². The summed E-state index contributed by atoms with van der Waals surface area (Å²) in [5.74, 6) is 4.84. The zero-order chi connectivity index (χ0) is 7.56. The number of hydrogen-bond acceptors (Lipinski definition) is 6. The lowest BCUT2D eigenvalue weighted by Gasteiger charge is -2.11. The third-order valence-corrected chi connectivity index (χ3v) is 1.62. The molecular formula is C4H7N3O2S. The van der Waals surface area contributed by atoms with E-state index in [1.165, 1.54) is 19.1 Å². The highest BCUT2D eigenvalue weighted by Crippen LogP contribution is 2.14. The van der Waals surface area contributed by atoms with Gasteiger partial charge in [-0.15, -0.1) is 0 Å². The summed E-state index contributed by atoms with van der Waals surface area (Å²) >= 11 is 1.22. The molecule has 3 N–H and O–H groups in total. The lowest BCUT2D eigenvalue weighted by Crippen LogP contribution is -2.38. The molecule has 0 atom stereocenters. The lowest BCUT2D eigenvalue weighted by atomic mass is 10.5. The molecule has 10 heavy (non-hydrogen) atoms. The normalized spacial score (nSPS) is 17.0. The number of carbonyl (C=O) groups is 1. The summed E-state index contributed by atoms with van der Waals surface area (Å²) in [6.45, 7) is 0. The van der Waals surface area contributed by atoms with Gasteiger partial charge in [0.25, 0.3) is 0 Å². The van der Waals surface area contributed by atoms with Gasteiger partial charge in [-0.2, -0.15) is 4.83 Å². The van der Waals surface area contributed by atoms with E-state index in [9.17, 15) is 4.79 Å². The maximum atomic E-state index is 10.8. The van der Waals surface area contributed by atoms with Crippen LogP contribution in [0.2, 0.25) is 0 Å². The Labute approximate surface area is 62.3 Å². The first-order chi connectivity index (χ1) is 4.75. The van der Waals surface area contributed by atoms with Crippen LogP contribution in [0.4, 0.5) is 0 Å². The molecule has 1 aliphatic heterocycles. The smallest absolute Gasteiger partial charge is 0.358 e. The zero-order valence-electron chi connectivity index (χ0n) is 5.33. The molecule has 1 rings (SSSR count). The van der Waals surface area contributed by atoms with E-state index in [-0.39, 0.29) is 0 Å². The SMILES string of the molecule is COC(=O)C1=CSNN1N. The van der Waals surface area contributed by atoms with Crippen molar-refractivity contribution in [3.05, 3.63) is 11.1 Å². The Kier molecular flexibility index (Phi) is 2.15. The van der Waals surface area contributed by atoms with Crippen LogP contribution in [-0.4, -0.2) is 18.2 Å². The lowest BCUT2D eigenvalue weighted by molar-refractivity contribution is -0.138. The molecule has 0 spiro atoms. The van der Waals surface area contributed by atoms with Crippen LogP contribution < -0.4 is 10.7 Å². The van der Waals surface area contributed by atoms with Crippen LogP contribution in [0.1, 0.15) is 0 Å². The number of nitrogens with two attached hydrogens (primary N) is 1. The van der Waals surface area contributed by atoms with Gasteiger partial charge in [-0.05, 0) is 11.9 Å².